The second-order valence-corrected chi connectivity index (χ2v) is 5.53. The van der Waals surface area contributed by atoms with Gasteiger partial charge in [0.05, 0.1) is 26.4 Å². The van der Waals surface area contributed by atoms with Gasteiger partial charge in [0.15, 0.2) is 11.5 Å². The summed E-state index contributed by atoms with van der Waals surface area (Å²) in [5, 5.41) is 0. The standard InChI is InChI=1S/C18H17F3O3/c1-22-15-9-11-6-7-24-17(14(11)10-16(15)23-2)12-4-3-5-13(8-12)18(19,20)21/h3-5,8-10,17H,6-7H2,1-2H3. The molecular weight excluding hydrogens is 321 g/mol. The van der Waals surface area contributed by atoms with Gasteiger partial charge in [0.25, 0.3) is 0 Å². The number of alkyl halides is 3. The van der Waals surface area contributed by atoms with Gasteiger partial charge in [0, 0.05) is 0 Å². The first-order valence-corrected chi connectivity index (χ1v) is 7.47. The van der Waals surface area contributed by atoms with Crippen LogP contribution in [0.4, 0.5) is 13.2 Å². The number of fused-ring (bicyclic) bond motifs is 1. The van der Waals surface area contributed by atoms with Gasteiger partial charge in [0.1, 0.15) is 6.10 Å². The molecule has 0 N–H and O–H groups in total. The van der Waals surface area contributed by atoms with Crippen molar-refractivity contribution in [1.29, 1.82) is 0 Å². The quantitative estimate of drug-likeness (QED) is 0.831. The fraction of sp³-hybridized carbons (Fsp3) is 0.333. The molecule has 1 aliphatic rings. The lowest BCUT2D eigenvalue weighted by Crippen LogP contribution is -2.18. The summed E-state index contributed by atoms with van der Waals surface area (Å²) in [5.41, 5.74) is 1.58. The summed E-state index contributed by atoms with van der Waals surface area (Å²) in [6.07, 6.45) is -4.27. The van der Waals surface area contributed by atoms with Crippen molar-refractivity contribution in [3.8, 4) is 11.5 Å². The zero-order chi connectivity index (χ0) is 17.3. The summed E-state index contributed by atoms with van der Waals surface area (Å²) in [6, 6.07) is 8.87. The van der Waals surface area contributed by atoms with Crippen molar-refractivity contribution in [2.45, 2.75) is 18.7 Å². The molecular formula is C18H17F3O3. The average molecular weight is 338 g/mol. The van der Waals surface area contributed by atoms with Gasteiger partial charge < -0.3 is 14.2 Å². The molecule has 0 amide bonds. The van der Waals surface area contributed by atoms with Gasteiger partial charge >= 0.3 is 6.18 Å². The Balaban J connectivity index is 2.07. The van der Waals surface area contributed by atoms with E-state index in [9.17, 15) is 13.2 Å². The third-order valence-electron chi connectivity index (χ3n) is 4.10. The molecule has 128 valence electrons. The molecule has 2 aromatic carbocycles. The molecule has 1 aliphatic heterocycles. The Morgan fingerprint density at radius 3 is 2.42 bits per heavy atom. The molecule has 0 bridgehead atoms. The van der Waals surface area contributed by atoms with Crippen LogP contribution in [0.1, 0.15) is 28.4 Å². The Morgan fingerprint density at radius 1 is 1.04 bits per heavy atom. The number of methoxy groups -OCH3 is 2. The fourth-order valence-corrected chi connectivity index (χ4v) is 2.93. The Morgan fingerprint density at radius 2 is 1.75 bits per heavy atom. The van der Waals surface area contributed by atoms with Crippen LogP contribution in [-0.4, -0.2) is 20.8 Å². The molecule has 1 unspecified atom stereocenters. The van der Waals surface area contributed by atoms with Crippen molar-refractivity contribution < 1.29 is 27.4 Å². The molecule has 0 saturated heterocycles. The van der Waals surface area contributed by atoms with E-state index in [0.29, 0.717) is 30.1 Å². The van der Waals surface area contributed by atoms with Crippen molar-refractivity contribution in [3.05, 3.63) is 58.7 Å². The highest BCUT2D eigenvalue weighted by Gasteiger charge is 2.32. The van der Waals surface area contributed by atoms with Gasteiger partial charge in [-0.25, -0.2) is 0 Å². The van der Waals surface area contributed by atoms with Crippen molar-refractivity contribution in [2.75, 3.05) is 20.8 Å². The van der Waals surface area contributed by atoms with E-state index in [1.54, 1.807) is 19.2 Å². The molecule has 6 heteroatoms. The lowest BCUT2D eigenvalue weighted by molar-refractivity contribution is -0.137. The number of halogens is 3. The first-order chi connectivity index (χ1) is 11.4. The molecule has 24 heavy (non-hydrogen) atoms. The number of benzene rings is 2. The highest BCUT2D eigenvalue weighted by Crippen LogP contribution is 2.40. The van der Waals surface area contributed by atoms with Crippen LogP contribution in [0.3, 0.4) is 0 Å². The van der Waals surface area contributed by atoms with Crippen LogP contribution in [-0.2, 0) is 17.3 Å². The largest absolute Gasteiger partial charge is 0.493 e. The van der Waals surface area contributed by atoms with Gasteiger partial charge in [0.2, 0.25) is 0 Å². The predicted octanol–water partition coefficient (Wildman–Crippen LogP) is 4.38. The van der Waals surface area contributed by atoms with Crippen LogP contribution < -0.4 is 9.47 Å². The van der Waals surface area contributed by atoms with Crippen molar-refractivity contribution in [3.63, 3.8) is 0 Å². The molecule has 2 aromatic rings. The molecule has 1 atom stereocenters. The summed E-state index contributed by atoms with van der Waals surface area (Å²) in [4.78, 5) is 0. The number of rotatable bonds is 3. The smallest absolute Gasteiger partial charge is 0.416 e. The lowest BCUT2D eigenvalue weighted by Gasteiger charge is -2.28. The number of ether oxygens (including phenoxy) is 3. The average Bonchev–Trinajstić information content (AvgIpc) is 2.59. The summed E-state index contributed by atoms with van der Waals surface area (Å²) in [6.45, 7) is 0.434. The number of hydrogen-bond acceptors (Lipinski definition) is 3. The van der Waals surface area contributed by atoms with E-state index in [-0.39, 0.29) is 0 Å². The maximum absolute atomic E-state index is 13.0. The molecule has 0 aromatic heterocycles. The van der Waals surface area contributed by atoms with Crippen molar-refractivity contribution >= 4 is 0 Å². The molecule has 0 aliphatic carbocycles. The number of hydrogen-bond donors (Lipinski definition) is 0. The van der Waals surface area contributed by atoms with Gasteiger partial charge in [-0.3, -0.25) is 0 Å². The Labute approximate surface area is 138 Å². The first-order valence-electron chi connectivity index (χ1n) is 7.47. The van der Waals surface area contributed by atoms with Gasteiger partial charge in [-0.15, -0.1) is 0 Å². The predicted molar refractivity (Wildman–Crippen MR) is 82.5 cm³/mol. The van der Waals surface area contributed by atoms with E-state index >= 15 is 0 Å². The minimum Gasteiger partial charge on any atom is -0.493 e. The first kappa shape index (κ1) is 16.6. The van der Waals surface area contributed by atoms with E-state index in [0.717, 1.165) is 23.3 Å². The minimum atomic E-state index is -4.38. The molecule has 3 rings (SSSR count). The second-order valence-electron chi connectivity index (χ2n) is 5.53. The fourth-order valence-electron chi connectivity index (χ4n) is 2.93. The molecule has 0 fully saturated rings. The lowest BCUT2D eigenvalue weighted by atomic mass is 9.91. The van der Waals surface area contributed by atoms with Gasteiger partial charge in [-0.2, -0.15) is 13.2 Å². The maximum Gasteiger partial charge on any atom is 0.416 e. The van der Waals surface area contributed by atoms with E-state index in [4.69, 9.17) is 14.2 Å². The minimum absolute atomic E-state index is 0.434. The maximum atomic E-state index is 13.0. The highest BCUT2D eigenvalue weighted by molar-refractivity contribution is 5.51. The topological polar surface area (TPSA) is 27.7 Å². The van der Waals surface area contributed by atoms with E-state index < -0.39 is 17.8 Å². The van der Waals surface area contributed by atoms with Gasteiger partial charge in [-0.05, 0) is 47.4 Å². The Kier molecular flexibility index (Phi) is 4.41. The molecule has 0 spiro atoms. The molecule has 3 nitrogen and oxygen atoms in total. The normalized spacial score (nSPS) is 17.3. The second kappa shape index (κ2) is 6.36. The summed E-state index contributed by atoms with van der Waals surface area (Å²) >= 11 is 0. The monoisotopic (exact) mass is 338 g/mol. The zero-order valence-electron chi connectivity index (χ0n) is 13.3. The summed E-state index contributed by atoms with van der Waals surface area (Å²) in [7, 11) is 3.07. The van der Waals surface area contributed by atoms with Crippen LogP contribution in [0.15, 0.2) is 36.4 Å². The van der Waals surface area contributed by atoms with Crippen LogP contribution in [0.25, 0.3) is 0 Å². The summed E-state index contributed by atoms with van der Waals surface area (Å²) < 4.78 is 55.3. The van der Waals surface area contributed by atoms with Gasteiger partial charge in [-0.1, -0.05) is 12.1 Å². The van der Waals surface area contributed by atoms with E-state index in [1.807, 2.05) is 6.07 Å². The molecule has 0 radical (unpaired) electrons. The van der Waals surface area contributed by atoms with Crippen molar-refractivity contribution in [2.24, 2.45) is 0 Å². The zero-order valence-corrected chi connectivity index (χ0v) is 13.3. The Hall–Kier alpha value is -2.21. The molecule has 0 saturated carbocycles. The SMILES string of the molecule is COc1cc2c(cc1OC)C(c1cccc(C(F)(F)F)c1)OCC2. The Bertz CT molecular complexity index is 741. The van der Waals surface area contributed by atoms with Crippen LogP contribution >= 0.6 is 0 Å². The third-order valence-corrected chi connectivity index (χ3v) is 4.10. The van der Waals surface area contributed by atoms with Crippen LogP contribution in [0.2, 0.25) is 0 Å². The van der Waals surface area contributed by atoms with E-state index in [2.05, 4.69) is 0 Å². The molecule has 1 heterocycles. The highest BCUT2D eigenvalue weighted by atomic mass is 19.4. The third kappa shape index (κ3) is 3.06. The summed E-state index contributed by atoms with van der Waals surface area (Å²) in [5.74, 6) is 1.12. The van der Waals surface area contributed by atoms with E-state index in [1.165, 1.54) is 13.2 Å². The van der Waals surface area contributed by atoms with Crippen LogP contribution in [0.5, 0.6) is 11.5 Å². The van der Waals surface area contributed by atoms with Crippen molar-refractivity contribution in [1.82, 2.24) is 0 Å². The van der Waals surface area contributed by atoms with Crippen LogP contribution in [0, 0.1) is 0 Å².